The number of phenols is 1. The SMILES string of the molecule is COc1cc(O)c([C@H](C[N+](=O)[O-])c2cccc3ccccc23)c(OC)c1. The van der Waals surface area contributed by atoms with Crippen LogP contribution in [0.3, 0.4) is 0 Å². The summed E-state index contributed by atoms with van der Waals surface area (Å²) in [5.74, 6) is 0.000414. The van der Waals surface area contributed by atoms with Gasteiger partial charge in [-0.05, 0) is 16.3 Å². The number of rotatable bonds is 6. The molecule has 0 aliphatic carbocycles. The van der Waals surface area contributed by atoms with Gasteiger partial charge >= 0.3 is 0 Å². The lowest BCUT2D eigenvalue weighted by molar-refractivity contribution is -0.481. The van der Waals surface area contributed by atoms with Gasteiger partial charge in [0.15, 0.2) is 0 Å². The van der Waals surface area contributed by atoms with Crippen molar-refractivity contribution in [3.05, 3.63) is 75.8 Å². The Labute approximate surface area is 150 Å². The van der Waals surface area contributed by atoms with Crippen LogP contribution in [0.5, 0.6) is 17.2 Å². The molecule has 26 heavy (non-hydrogen) atoms. The van der Waals surface area contributed by atoms with Crippen molar-refractivity contribution in [2.75, 3.05) is 20.8 Å². The minimum atomic E-state index is -0.669. The van der Waals surface area contributed by atoms with E-state index >= 15 is 0 Å². The Kier molecular flexibility index (Phi) is 4.93. The molecular weight excluding hydrogens is 334 g/mol. The van der Waals surface area contributed by atoms with E-state index in [0.29, 0.717) is 17.1 Å². The minimum absolute atomic E-state index is 0.0963. The third-order valence-corrected chi connectivity index (χ3v) is 4.43. The summed E-state index contributed by atoms with van der Waals surface area (Å²) in [7, 11) is 2.94. The molecule has 0 saturated heterocycles. The van der Waals surface area contributed by atoms with Crippen LogP contribution in [-0.2, 0) is 0 Å². The van der Waals surface area contributed by atoms with Gasteiger partial charge in [0.1, 0.15) is 17.2 Å². The molecule has 3 rings (SSSR count). The Balaban J connectivity index is 2.26. The van der Waals surface area contributed by atoms with E-state index in [1.54, 1.807) is 6.07 Å². The Morgan fingerprint density at radius 3 is 2.50 bits per heavy atom. The van der Waals surface area contributed by atoms with Crippen LogP contribution in [0.25, 0.3) is 10.8 Å². The molecule has 134 valence electrons. The number of hydrogen-bond acceptors (Lipinski definition) is 5. The molecule has 6 heteroatoms. The van der Waals surface area contributed by atoms with Crippen LogP contribution in [0.15, 0.2) is 54.6 Å². The number of nitro groups is 1. The van der Waals surface area contributed by atoms with Gasteiger partial charge in [-0.2, -0.15) is 0 Å². The van der Waals surface area contributed by atoms with E-state index in [0.717, 1.165) is 16.3 Å². The first kappa shape index (κ1) is 17.5. The monoisotopic (exact) mass is 353 g/mol. The summed E-state index contributed by atoms with van der Waals surface area (Å²) in [5, 5.41) is 23.8. The quantitative estimate of drug-likeness (QED) is 0.535. The maximum atomic E-state index is 11.4. The van der Waals surface area contributed by atoms with Crippen LogP contribution in [0, 0.1) is 10.1 Å². The van der Waals surface area contributed by atoms with Crippen molar-refractivity contribution in [1.29, 1.82) is 0 Å². The van der Waals surface area contributed by atoms with Crippen molar-refractivity contribution in [2.24, 2.45) is 0 Å². The molecule has 0 fully saturated rings. The molecule has 0 saturated carbocycles. The second kappa shape index (κ2) is 7.31. The third kappa shape index (κ3) is 3.26. The van der Waals surface area contributed by atoms with Crippen molar-refractivity contribution in [2.45, 2.75) is 5.92 Å². The number of benzene rings is 3. The first-order chi connectivity index (χ1) is 12.5. The molecule has 0 aliphatic heterocycles. The standard InChI is InChI=1S/C20H19NO5/c1-25-14-10-18(22)20(19(11-14)26-2)17(12-21(23)24)16-9-5-7-13-6-3-4-8-15(13)16/h3-11,17,22H,12H2,1-2H3/t17-/m1/s1. The zero-order valence-electron chi connectivity index (χ0n) is 14.5. The van der Waals surface area contributed by atoms with Gasteiger partial charge in [-0.25, -0.2) is 0 Å². The number of nitrogens with zero attached hydrogens (tertiary/aromatic N) is 1. The first-order valence-corrected chi connectivity index (χ1v) is 8.09. The van der Waals surface area contributed by atoms with Gasteiger partial charge in [-0.3, -0.25) is 10.1 Å². The fraction of sp³-hybridized carbons (Fsp3) is 0.200. The van der Waals surface area contributed by atoms with Crippen LogP contribution < -0.4 is 9.47 Å². The molecule has 3 aromatic rings. The number of aromatic hydroxyl groups is 1. The van der Waals surface area contributed by atoms with Crippen LogP contribution in [0.2, 0.25) is 0 Å². The van der Waals surface area contributed by atoms with E-state index in [2.05, 4.69) is 0 Å². The minimum Gasteiger partial charge on any atom is -0.507 e. The number of phenolic OH excluding ortho intramolecular Hbond substituents is 1. The van der Waals surface area contributed by atoms with E-state index in [9.17, 15) is 15.2 Å². The highest BCUT2D eigenvalue weighted by Crippen LogP contribution is 2.43. The lowest BCUT2D eigenvalue weighted by Gasteiger charge is -2.20. The fourth-order valence-corrected chi connectivity index (χ4v) is 3.27. The van der Waals surface area contributed by atoms with Crippen molar-refractivity contribution in [1.82, 2.24) is 0 Å². The second-order valence-electron chi connectivity index (χ2n) is 5.90. The van der Waals surface area contributed by atoms with Crippen LogP contribution >= 0.6 is 0 Å². The molecule has 0 spiro atoms. The van der Waals surface area contributed by atoms with Crippen molar-refractivity contribution < 1.29 is 19.5 Å². The summed E-state index contributed by atoms with van der Waals surface area (Å²) in [6, 6.07) is 16.4. The van der Waals surface area contributed by atoms with Gasteiger partial charge in [0.25, 0.3) is 0 Å². The van der Waals surface area contributed by atoms with Crippen LogP contribution in [0.4, 0.5) is 0 Å². The molecule has 3 aromatic carbocycles. The van der Waals surface area contributed by atoms with Gasteiger partial charge in [-0.15, -0.1) is 0 Å². The molecule has 0 aliphatic rings. The van der Waals surface area contributed by atoms with Gasteiger partial charge in [0, 0.05) is 17.1 Å². The van der Waals surface area contributed by atoms with E-state index in [-0.39, 0.29) is 17.2 Å². The maximum absolute atomic E-state index is 11.4. The Bertz CT molecular complexity index is 949. The second-order valence-corrected chi connectivity index (χ2v) is 5.90. The molecule has 0 radical (unpaired) electrons. The summed E-state index contributed by atoms with van der Waals surface area (Å²) < 4.78 is 10.6. The molecule has 0 amide bonds. The highest BCUT2D eigenvalue weighted by Gasteiger charge is 2.29. The molecule has 6 nitrogen and oxygen atoms in total. The topological polar surface area (TPSA) is 81.8 Å². The molecular formula is C20H19NO5. The van der Waals surface area contributed by atoms with Gasteiger partial charge in [0.2, 0.25) is 6.54 Å². The Morgan fingerprint density at radius 2 is 1.81 bits per heavy atom. The van der Waals surface area contributed by atoms with E-state index < -0.39 is 5.92 Å². The normalized spacial score (nSPS) is 11.9. The molecule has 0 heterocycles. The predicted molar refractivity (Wildman–Crippen MR) is 98.9 cm³/mol. The summed E-state index contributed by atoms with van der Waals surface area (Å²) in [6.07, 6.45) is 0. The average molecular weight is 353 g/mol. The Morgan fingerprint density at radius 1 is 1.08 bits per heavy atom. The zero-order valence-corrected chi connectivity index (χ0v) is 14.5. The summed E-state index contributed by atoms with van der Waals surface area (Å²) in [6.45, 7) is -0.371. The average Bonchev–Trinajstić information content (AvgIpc) is 2.65. The molecule has 0 bridgehead atoms. The lowest BCUT2D eigenvalue weighted by Crippen LogP contribution is -2.15. The summed E-state index contributed by atoms with van der Waals surface area (Å²) >= 11 is 0. The maximum Gasteiger partial charge on any atom is 0.215 e. The molecule has 1 N–H and O–H groups in total. The van der Waals surface area contributed by atoms with Crippen molar-refractivity contribution in [3.8, 4) is 17.2 Å². The number of fused-ring (bicyclic) bond motifs is 1. The largest absolute Gasteiger partial charge is 0.507 e. The number of hydrogen-bond donors (Lipinski definition) is 1. The van der Waals surface area contributed by atoms with Gasteiger partial charge in [0.05, 0.1) is 25.7 Å². The molecule has 0 aromatic heterocycles. The van der Waals surface area contributed by atoms with Crippen molar-refractivity contribution in [3.63, 3.8) is 0 Å². The van der Waals surface area contributed by atoms with Crippen LogP contribution in [0.1, 0.15) is 17.0 Å². The first-order valence-electron chi connectivity index (χ1n) is 8.09. The predicted octanol–water partition coefficient (Wildman–Crippen LogP) is 3.97. The van der Waals surface area contributed by atoms with Gasteiger partial charge < -0.3 is 14.6 Å². The van der Waals surface area contributed by atoms with Crippen LogP contribution in [-0.4, -0.2) is 30.8 Å². The molecule has 0 unspecified atom stereocenters. The van der Waals surface area contributed by atoms with E-state index in [1.165, 1.54) is 20.3 Å². The van der Waals surface area contributed by atoms with E-state index in [1.807, 2.05) is 42.5 Å². The highest BCUT2D eigenvalue weighted by molar-refractivity contribution is 5.86. The lowest BCUT2D eigenvalue weighted by atomic mass is 9.86. The molecule has 1 atom stereocenters. The number of ether oxygens (including phenoxy) is 2. The summed E-state index contributed by atoms with van der Waals surface area (Å²) in [5.41, 5.74) is 1.14. The smallest absolute Gasteiger partial charge is 0.215 e. The third-order valence-electron chi connectivity index (χ3n) is 4.43. The zero-order chi connectivity index (χ0) is 18.7. The summed E-state index contributed by atoms with van der Waals surface area (Å²) in [4.78, 5) is 11.0. The Hall–Kier alpha value is -3.28. The fourth-order valence-electron chi connectivity index (χ4n) is 3.27. The van der Waals surface area contributed by atoms with E-state index in [4.69, 9.17) is 9.47 Å². The van der Waals surface area contributed by atoms with Crippen molar-refractivity contribution >= 4 is 10.8 Å². The highest BCUT2D eigenvalue weighted by atomic mass is 16.6. The number of methoxy groups -OCH3 is 2. The van der Waals surface area contributed by atoms with Gasteiger partial charge in [-0.1, -0.05) is 42.5 Å².